The van der Waals surface area contributed by atoms with E-state index in [1.54, 1.807) is 0 Å². The second kappa shape index (κ2) is 3.52. The first-order chi connectivity index (χ1) is 6.85. The molecule has 0 fully saturated rings. The maximum Gasteiger partial charge on any atom is 0.110 e. The minimum atomic E-state index is 0.394. The van der Waals surface area contributed by atoms with E-state index in [2.05, 4.69) is 12.1 Å². The molecule has 2 aromatic rings. The van der Waals surface area contributed by atoms with Crippen LogP contribution in [0.2, 0.25) is 0 Å². The maximum absolute atomic E-state index is 8.61. The molecule has 0 aliphatic rings. The van der Waals surface area contributed by atoms with E-state index >= 15 is 0 Å². The Bertz CT molecular complexity index is 491. The zero-order valence-electron chi connectivity index (χ0n) is 7.77. The number of benzene rings is 1. The molecule has 0 spiro atoms. The summed E-state index contributed by atoms with van der Waals surface area (Å²) >= 11 is 0. The third-order valence-corrected chi connectivity index (χ3v) is 2.31. The van der Waals surface area contributed by atoms with Gasteiger partial charge in [-0.3, -0.25) is 0 Å². The molecule has 1 aromatic carbocycles. The van der Waals surface area contributed by atoms with Gasteiger partial charge in [0.15, 0.2) is 0 Å². The van der Waals surface area contributed by atoms with E-state index in [1.807, 2.05) is 29.0 Å². The monoisotopic (exact) mass is 185 g/mol. The first-order valence-electron chi connectivity index (χ1n) is 4.50. The van der Waals surface area contributed by atoms with Crippen molar-refractivity contribution in [2.75, 3.05) is 0 Å². The topological polar surface area (TPSA) is 54.7 Å². The third kappa shape index (κ3) is 1.36. The number of nitrogens with two attached hydrogens (primary N) is 1. The summed E-state index contributed by atoms with van der Waals surface area (Å²) in [6, 6.07) is 10.2. The average molecular weight is 185 g/mol. The van der Waals surface area contributed by atoms with Crippen LogP contribution < -0.4 is 5.73 Å². The summed E-state index contributed by atoms with van der Waals surface area (Å²) < 4.78 is 1.93. The van der Waals surface area contributed by atoms with Crippen molar-refractivity contribution in [1.82, 2.24) is 4.57 Å². The molecule has 0 radical (unpaired) electrons. The largest absolute Gasteiger partial charge is 0.334 e. The molecule has 3 nitrogen and oxygen atoms in total. The van der Waals surface area contributed by atoms with Crippen LogP contribution in [0.3, 0.4) is 0 Å². The molecule has 0 saturated carbocycles. The normalized spacial score (nSPS) is 10.3. The van der Waals surface area contributed by atoms with Crippen molar-refractivity contribution in [2.45, 2.75) is 13.1 Å². The summed E-state index contributed by atoms with van der Waals surface area (Å²) in [5.74, 6) is 0. The summed E-state index contributed by atoms with van der Waals surface area (Å²) in [6.45, 7) is 0.949. The van der Waals surface area contributed by atoms with E-state index in [-0.39, 0.29) is 0 Å². The van der Waals surface area contributed by atoms with Crippen molar-refractivity contribution in [1.29, 1.82) is 5.26 Å². The van der Waals surface area contributed by atoms with Crippen molar-refractivity contribution in [3.8, 4) is 6.07 Å². The second-order valence-corrected chi connectivity index (χ2v) is 3.20. The maximum atomic E-state index is 8.61. The van der Waals surface area contributed by atoms with E-state index in [1.165, 1.54) is 0 Å². The number of nitrogens with zero attached hydrogens (tertiary/aromatic N) is 2. The SMILES string of the molecule is N#CCn1ccc2cc(CN)ccc21. The molecule has 0 saturated heterocycles. The third-order valence-electron chi connectivity index (χ3n) is 2.31. The Hall–Kier alpha value is -1.79. The zero-order valence-corrected chi connectivity index (χ0v) is 7.77. The molecule has 2 rings (SSSR count). The van der Waals surface area contributed by atoms with E-state index < -0.39 is 0 Å². The molecule has 1 heterocycles. The van der Waals surface area contributed by atoms with E-state index in [9.17, 15) is 0 Å². The molecule has 2 N–H and O–H groups in total. The highest BCUT2D eigenvalue weighted by atomic mass is 14.9. The van der Waals surface area contributed by atoms with Gasteiger partial charge in [-0.2, -0.15) is 5.26 Å². The first kappa shape index (κ1) is 8.79. The lowest BCUT2D eigenvalue weighted by Gasteiger charge is -2.00. The number of hydrogen-bond donors (Lipinski definition) is 1. The van der Waals surface area contributed by atoms with Crippen molar-refractivity contribution in [2.24, 2.45) is 5.73 Å². The Morgan fingerprint density at radius 2 is 2.21 bits per heavy atom. The van der Waals surface area contributed by atoms with Crippen LogP contribution >= 0.6 is 0 Å². The molecule has 14 heavy (non-hydrogen) atoms. The van der Waals surface area contributed by atoms with Gasteiger partial charge in [-0.1, -0.05) is 6.07 Å². The average Bonchev–Trinajstić information content (AvgIpc) is 2.61. The second-order valence-electron chi connectivity index (χ2n) is 3.20. The number of rotatable bonds is 2. The lowest BCUT2D eigenvalue weighted by molar-refractivity contribution is 0.874. The molecule has 0 amide bonds. The van der Waals surface area contributed by atoms with E-state index in [0.717, 1.165) is 16.5 Å². The minimum Gasteiger partial charge on any atom is -0.334 e. The van der Waals surface area contributed by atoms with Gasteiger partial charge < -0.3 is 10.3 Å². The van der Waals surface area contributed by atoms with Crippen LogP contribution in [0.5, 0.6) is 0 Å². The highest BCUT2D eigenvalue weighted by molar-refractivity contribution is 5.80. The Labute approximate surface area is 82.4 Å². The Morgan fingerprint density at radius 1 is 1.36 bits per heavy atom. The molecule has 0 atom stereocenters. The lowest BCUT2D eigenvalue weighted by Crippen LogP contribution is -1.96. The van der Waals surface area contributed by atoms with Gasteiger partial charge in [-0.15, -0.1) is 0 Å². The summed E-state index contributed by atoms with van der Waals surface area (Å²) in [4.78, 5) is 0. The van der Waals surface area contributed by atoms with Crippen LogP contribution in [0.25, 0.3) is 10.9 Å². The molecular weight excluding hydrogens is 174 g/mol. The van der Waals surface area contributed by atoms with Crippen LogP contribution in [0, 0.1) is 11.3 Å². The van der Waals surface area contributed by atoms with E-state index in [0.29, 0.717) is 13.1 Å². The van der Waals surface area contributed by atoms with Crippen molar-refractivity contribution in [3.05, 3.63) is 36.0 Å². The predicted molar refractivity (Wildman–Crippen MR) is 55.4 cm³/mol. The smallest absolute Gasteiger partial charge is 0.110 e. The minimum absolute atomic E-state index is 0.394. The fourth-order valence-corrected chi connectivity index (χ4v) is 1.59. The van der Waals surface area contributed by atoms with Crippen molar-refractivity contribution >= 4 is 10.9 Å². The van der Waals surface area contributed by atoms with Crippen LogP contribution in [0.4, 0.5) is 0 Å². The molecule has 3 heteroatoms. The number of hydrogen-bond acceptors (Lipinski definition) is 2. The van der Waals surface area contributed by atoms with Gasteiger partial charge >= 0.3 is 0 Å². The van der Waals surface area contributed by atoms with Gasteiger partial charge in [0.1, 0.15) is 6.54 Å². The molecule has 0 unspecified atom stereocenters. The first-order valence-corrected chi connectivity index (χ1v) is 4.50. The standard InChI is InChI=1S/C11H11N3/c12-4-6-14-5-3-10-7-9(8-13)1-2-11(10)14/h1-3,5,7H,6,8,13H2. The summed E-state index contributed by atoms with van der Waals surface area (Å²) in [7, 11) is 0. The fraction of sp³-hybridized carbons (Fsp3) is 0.182. The van der Waals surface area contributed by atoms with Gasteiger partial charge in [0, 0.05) is 18.3 Å². The molecule has 0 aliphatic heterocycles. The molecule has 1 aromatic heterocycles. The number of nitriles is 1. The van der Waals surface area contributed by atoms with E-state index in [4.69, 9.17) is 11.0 Å². The van der Waals surface area contributed by atoms with Crippen LogP contribution in [0.15, 0.2) is 30.5 Å². The fourth-order valence-electron chi connectivity index (χ4n) is 1.59. The molecule has 0 aliphatic carbocycles. The zero-order chi connectivity index (χ0) is 9.97. The lowest BCUT2D eigenvalue weighted by atomic mass is 10.1. The Balaban J connectivity index is 2.55. The van der Waals surface area contributed by atoms with Gasteiger partial charge in [-0.05, 0) is 29.1 Å². The van der Waals surface area contributed by atoms with Gasteiger partial charge in [0.05, 0.1) is 6.07 Å². The Morgan fingerprint density at radius 3 is 2.93 bits per heavy atom. The quantitative estimate of drug-likeness (QED) is 0.773. The molecule has 70 valence electrons. The molecule has 0 bridgehead atoms. The summed E-state index contributed by atoms with van der Waals surface area (Å²) in [6.07, 6.45) is 1.92. The summed E-state index contributed by atoms with van der Waals surface area (Å²) in [5, 5.41) is 9.75. The van der Waals surface area contributed by atoms with Crippen molar-refractivity contribution in [3.63, 3.8) is 0 Å². The van der Waals surface area contributed by atoms with Crippen LogP contribution in [0.1, 0.15) is 5.56 Å². The highest BCUT2D eigenvalue weighted by Gasteiger charge is 2.00. The number of aromatic nitrogens is 1. The van der Waals surface area contributed by atoms with Gasteiger partial charge in [0.25, 0.3) is 0 Å². The van der Waals surface area contributed by atoms with Crippen molar-refractivity contribution < 1.29 is 0 Å². The van der Waals surface area contributed by atoms with Gasteiger partial charge in [-0.25, -0.2) is 0 Å². The van der Waals surface area contributed by atoms with Gasteiger partial charge in [0.2, 0.25) is 0 Å². The Kier molecular flexibility index (Phi) is 2.21. The highest BCUT2D eigenvalue weighted by Crippen LogP contribution is 2.17. The van der Waals surface area contributed by atoms with Crippen LogP contribution in [-0.2, 0) is 13.1 Å². The predicted octanol–water partition coefficient (Wildman–Crippen LogP) is 1.62. The number of fused-ring (bicyclic) bond motifs is 1. The molecular formula is C11H11N3. The van der Waals surface area contributed by atoms with Crippen LogP contribution in [-0.4, -0.2) is 4.57 Å². The summed E-state index contributed by atoms with van der Waals surface area (Å²) in [5.41, 5.74) is 7.75.